The zero-order chi connectivity index (χ0) is 36.1. The zero-order valence-corrected chi connectivity index (χ0v) is 23.5. The van der Waals surface area contributed by atoms with Gasteiger partial charge in [0.2, 0.25) is 0 Å². The largest absolute Gasteiger partial charge is 0.459 e. The van der Waals surface area contributed by atoms with E-state index in [-0.39, 0.29) is 11.3 Å². The molecule has 1 aromatic heterocycles. The van der Waals surface area contributed by atoms with Crippen LogP contribution >= 0.6 is 11.3 Å². The van der Waals surface area contributed by atoms with Crippen molar-refractivity contribution in [3.63, 3.8) is 0 Å². The van der Waals surface area contributed by atoms with E-state index in [2.05, 4.69) is 0 Å². The number of anilines is 1. The molecule has 0 bridgehead atoms. The van der Waals surface area contributed by atoms with Crippen LogP contribution in [0.15, 0.2) is 0 Å². The Morgan fingerprint density at radius 3 is 1.42 bits per heavy atom. The lowest BCUT2D eigenvalue weighted by atomic mass is 9.89. The maximum atomic E-state index is 14.5. The van der Waals surface area contributed by atoms with Crippen LogP contribution in [-0.4, -0.2) is 77.9 Å². The third-order valence-electron chi connectivity index (χ3n) is 5.40. The minimum absolute atomic E-state index is 0.222. The van der Waals surface area contributed by atoms with E-state index < -0.39 is 98.9 Å². The van der Waals surface area contributed by atoms with Gasteiger partial charge >= 0.3 is 65.7 Å². The molecule has 1 aromatic rings. The van der Waals surface area contributed by atoms with E-state index in [4.69, 9.17) is 9.47 Å². The van der Waals surface area contributed by atoms with Crippen molar-refractivity contribution in [2.75, 3.05) is 5.32 Å². The number of rotatable bonds is 13. The topological polar surface area (TPSA) is 81.7 Å². The molecule has 0 unspecified atom stereocenters. The number of esters is 2. The Balaban J connectivity index is 3.75. The summed E-state index contributed by atoms with van der Waals surface area (Å²) >= 11 is -0.222. The maximum absolute atomic E-state index is 14.5. The van der Waals surface area contributed by atoms with Crippen LogP contribution in [-0.2, 0) is 14.3 Å². The van der Waals surface area contributed by atoms with E-state index in [9.17, 15) is 84.6 Å². The van der Waals surface area contributed by atoms with Gasteiger partial charge in [-0.1, -0.05) is 0 Å². The first-order valence-corrected chi connectivity index (χ1v) is 12.4. The fourth-order valence-corrected chi connectivity index (χ4v) is 4.11. The number of hydrogen-bond donors (Lipinski definition) is 1. The summed E-state index contributed by atoms with van der Waals surface area (Å²) in [6, 6.07) is 0. The molecule has 0 saturated heterocycles. The van der Waals surface area contributed by atoms with Crippen molar-refractivity contribution in [3.05, 3.63) is 16.0 Å². The van der Waals surface area contributed by atoms with Crippen molar-refractivity contribution in [3.8, 4) is 0 Å². The predicted octanol–water partition coefficient (Wildman–Crippen LogP) is 7.84. The van der Waals surface area contributed by atoms with E-state index in [1.807, 2.05) is 0 Å². The summed E-state index contributed by atoms with van der Waals surface area (Å²) in [4.78, 5) is 36.1. The minimum Gasteiger partial charge on any atom is -0.459 e. The molecule has 45 heavy (non-hydrogen) atoms. The van der Waals surface area contributed by atoms with Gasteiger partial charge < -0.3 is 14.8 Å². The Labute approximate surface area is 245 Å². The smallest absolute Gasteiger partial charge is 0.393 e. The van der Waals surface area contributed by atoms with Crippen LogP contribution in [0.5, 0.6) is 0 Å². The molecule has 260 valence electrons. The molecule has 1 rings (SSSR count). The van der Waals surface area contributed by atoms with E-state index in [0.29, 0.717) is 0 Å². The van der Waals surface area contributed by atoms with Gasteiger partial charge in [0.25, 0.3) is 0 Å². The third kappa shape index (κ3) is 6.36. The van der Waals surface area contributed by atoms with Crippen LogP contribution in [0.4, 0.5) is 75.2 Å². The third-order valence-corrected chi connectivity index (χ3v) is 6.59. The second kappa shape index (κ2) is 12.3. The van der Waals surface area contributed by atoms with Crippen molar-refractivity contribution in [1.82, 2.24) is 0 Å². The number of hydrogen-bond acceptors (Lipinski definition) is 6. The molecule has 23 heteroatoms. The number of ether oxygens (including phenoxy) is 2. The first kappa shape index (κ1) is 40.0. The fraction of sp³-hybridized carbons (Fsp3) is 0.682. The van der Waals surface area contributed by atoms with Crippen molar-refractivity contribution < 1.29 is 94.1 Å². The molecule has 0 aliphatic heterocycles. The highest BCUT2D eigenvalue weighted by atomic mass is 32.1. The standard InChI is InChI=1S/C22H19F16NO5S/c1-6(2)43-12(40)9-8(5)10(13(41)44-7(3)4)45-11(9)39-15(42)17(27,28)19(31,32)21(35,36)22(37,38)20(33,34)18(29,30)16(25,26)14(23)24/h6-7,14H,1-5H3,(H,39,42). The number of amides is 1. The summed E-state index contributed by atoms with van der Waals surface area (Å²) in [6.45, 7) is 5.82. The van der Waals surface area contributed by atoms with E-state index in [1.165, 1.54) is 27.7 Å². The Hall–Kier alpha value is -3.01. The molecule has 0 radical (unpaired) electrons. The zero-order valence-electron chi connectivity index (χ0n) is 22.7. The van der Waals surface area contributed by atoms with E-state index in [0.717, 1.165) is 12.2 Å². The average Bonchev–Trinajstić information content (AvgIpc) is 3.17. The lowest BCUT2D eigenvalue weighted by Crippen LogP contribution is -2.74. The summed E-state index contributed by atoms with van der Waals surface area (Å²) in [6.07, 6.45) is -7.94. The van der Waals surface area contributed by atoms with Gasteiger partial charge in [-0.3, -0.25) is 4.79 Å². The highest BCUT2D eigenvalue weighted by molar-refractivity contribution is 7.18. The monoisotopic (exact) mass is 713 g/mol. The van der Waals surface area contributed by atoms with E-state index in [1.54, 1.807) is 0 Å². The Morgan fingerprint density at radius 1 is 0.644 bits per heavy atom. The van der Waals surface area contributed by atoms with Gasteiger partial charge in [0, 0.05) is 0 Å². The number of carbonyl (C=O) groups is 3. The van der Waals surface area contributed by atoms with Gasteiger partial charge in [-0.25, -0.2) is 18.4 Å². The molecule has 0 aliphatic rings. The number of carbonyl (C=O) groups excluding carboxylic acids is 3. The summed E-state index contributed by atoms with van der Waals surface area (Å²) in [5.74, 6) is -64.1. The summed E-state index contributed by atoms with van der Waals surface area (Å²) in [5.41, 5.74) is -1.66. The number of alkyl halides is 16. The lowest BCUT2D eigenvalue weighted by molar-refractivity contribution is -0.443. The first-order valence-electron chi connectivity index (χ1n) is 11.6. The van der Waals surface area contributed by atoms with E-state index >= 15 is 0 Å². The highest BCUT2D eigenvalue weighted by Crippen LogP contribution is 2.62. The van der Waals surface area contributed by atoms with Crippen LogP contribution in [0.2, 0.25) is 0 Å². The normalized spacial score (nSPS) is 14.3. The van der Waals surface area contributed by atoms with Gasteiger partial charge in [-0.05, 0) is 40.2 Å². The SMILES string of the molecule is Cc1c(C(=O)OC(C)C)sc(NC(=O)C(F)(F)C(F)(F)C(F)(F)C(F)(F)C(F)(F)C(F)(F)C(F)(F)C(F)F)c1C(=O)OC(C)C. The molecule has 0 atom stereocenters. The molecule has 0 saturated carbocycles. The Bertz CT molecular complexity index is 1290. The lowest BCUT2D eigenvalue weighted by Gasteiger charge is -2.42. The van der Waals surface area contributed by atoms with Gasteiger partial charge in [0.05, 0.1) is 17.8 Å². The van der Waals surface area contributed by atoms with Crippen LogP contribution in [0, 0.1) is 6.92 Å². The summed E-state index contributed by atoms with van der Waals surface area (Å²) in [7, 11) is 0. The fourth-order valence-electron chi connectivity index (χ4n) is 3.04. The Morgan fingerprint density at radius 2 is 1.02 bits per heavy atom. The van der Waals surface area contributed by atoms with Crippen molar-refractivity contribution >= 4 is 34.2 Å². The number of nitrogens with one attached hydrogen (secondary N) is 1. The molecule has 0 aliphatic carbocycles. The quantitative estimate of drug-likeness (QED) is 0.167. The molecule has 6 nitrogen and oxygen atoms in total. The van der Waals surface area contributed by atoms with Crippen molar-refractivity contribution in [2.24, 2.45) is 0 Å². The van der Waals surface area contributed by atoms with Gasteiger partial charge in [0.15, 0.2) is 0 Å². The molecule has 1 amide bonds. The molecule has 0 aromatic carbocycles. The second-order valence-corrected chi connectivity index (χ2v) is 10.5. The van der Waals surface area contributed by atoms with Crippen LogP contribution in [0.25, 0.3) is 0 Å². The number of halogens is 16. The molecule has 1 heterocycles. The first-order chi connectivity index (χ1) is 19.8. The molecular formula is C22H19F16NO5S. The molecular weight excluding hydrogens is 694 g/mol. The summed E-state index contributed by atoms with van der Waals surface area (Å²) in [5, 5.41) is -0.671. The summed E-state index contributed by atoms with van der Waals surface area (Å²) < 4.78 is 227. The van der Waals surface area contributed by atoms with Crippen molar-refractivity contribution in [2.45, 2.75) is 94.7 Å². The molecule has 1 N–H and O–H groups in total. The van der Waals surface area contributed by atoms with Crippen molar-refractivity contribution in [1.29, 1.82) is 0 Å². The minimum atomic E-state index is -8.70. The average molecular weight is 713 g/mol. The highest BCUT2D eigenvalue weighted by Gasteiger charge is 2.94. The molecule has 0 fully saturated rings. The maximum Gasteiger partial charge on any atom is 0.393 e. The van der Waals surface area contributed by atoms with Gasteiger partial charge in [-0.15, -0.1) is 11.3 Å². The van der Waals surface area contributed by atoms with Gasteiger partial charge in [-0.2, -0.15) is 61.5 Å². The predicted molar refractivity (Wildman–Crippen MR) is 119 cm³/mol. The second-order valence-electron chi connectivity index (χ2n) is 9.49. The number of thiophene rings is 1. The van der Waals surface area contributed by atoms with Crippen LogP contribution in [0.3, 0.4) is 0 Å². The van der Waals surface area contributed by atoms with Crippen LogP contribution in [0.1, 0.15) is 53.3 Å². The molecule has 0 spiro atoms. The Kier molecular flexibility index (Phi) is 10.9. The van der Waals surface area contributed by atoms with Gasteiger partial charge in [0.1, 0.15) is 9.88 Å². The van der Waals surface area contributed by atoms with Crippen LogP contribution < -0.4 is 5.32 Å².